The van der Waals surface area contributed by atoms with E-state index in [1.54, 1.807) is 0 Å². The molecule has 4 fully saturated rings. The van der Waals surface area contributed by atoms with Gasteiger partial charge in [-0.3, -0.25) is 0 Å². The minimum absolute atomic E-state index is 0.00871. The number of aliphatic hydroxyl groups is 1. The van der Waals surface area contributed by atoms with Crippen LogP contribution in [-0.2, 0) is 0 Å². The highest BCUT2D eigenvalue weighted by Crippen LogP contribution is 2.63. The van der Waals surface area contributed by atoms with E-state index in [1.807, 2.05) is 0 Å². The first-order chi connectivity index (χ1) is 9.21. The van der Waals surface area contributed by atoms with Crippen LogP contribution in [0, 0.1) is 23.2 Å². The van der Waals surface area contributed by atoms with Crippen molar-refractivity contribution in [3.05, 3.63) is 0 Å². The molecular formula is C17H29NO. The van der Waals surface area contributed by atoms with Crippen LogP contribution in [0.15, 0.2) is 0 Å². The minimum atomic E-state index is 0.00871. The molecule has 4 rings (SSSR count). The number of nitrogens with zero attached hydrogens (tertiary/aromatic N) is 1. The molecule has 3 aliphatic carbocycles. The van der Waals surface area contributed by atoms with Gasteiger partial charge in [-0.2, -0.15) is 0 Å². The lowest BCUT2D eigenvalue weighted by Crippen LogP contribution is -2.63. The van der Waals surface area contributed by atoms with E-state index >= 15 is 0 Å². The molecule has 1 heterocycles. The standard InChI is InChI=1S/C17H29NO/c1-18-9-8-17-7-3-2-4-14(17)16(18)10-12-5-6-13(19)11-15(12)17/h12-16,19H,2-11H2,1H3/t12?,13?,14?,15?,16-,17-/m1/s1. The topological polar surface area (TPSA) is 23.5 Å². The molecular weight excluding hydrogens is 234 g/mol. The van der Waals surface area contributed by atoms with Crippen LogP contribution in [0.5, 0.6) is 0 Å². The van der Waals surface area contributed by atoms with E-state index in [4.69, 9.17) is 0 Å². The fourth-order valence-electron chi connectivity index (χ4n) is 6.53. The quantitative estimate of drug-likeness (QED) is 0.726. The van der Waals surface area contributed by atoms with Crippen molar-refractivity contribution in [2.45, 2.75) is 69.9 Å². The van der Waals surface area contributed by atoms with Crippen LogP contribution in [-0.4, -0.2) is 35.7 Å². The van der Waals surface area contributed by atoms with Crippen LogP contribution in [0.25, 0.3) is 0 Å². The highest BCUT2D eigenvalue weighted by molar-refractivity contribution is 5.09. The number of fused-ring (bicyclic) bond motifs is 1. The first kappa shape index (κ1) is 12.6. The highest BCUT2D eigenvalue weighted by atomic mass is 16.3. The fraction of sp³-hybridized carbons (Fsp3) is 1.00. The Morgan fingerprint density at radius 3 is 2.79 bits per heavy atom. The molecule has 3 saturated carbocycles. The van der Waals surface area contributed by atoms with Crippen molar-refractivity contribution in [2.75, 3.05) is 13.6 Å². The van der Waals surface area contributed by atoms with Crippen LogP contribution >= 0.6 is 0 Å². The fourth-order valence-corrected chi connectivity index (χ4v) is 6.53. The third-order valence-electron chi connectivity index (χ3n) is 7.35. The van der Waals surface area contributed by atoms with Gasteiger partial charge in [-0.15, -0.1) is 0 Å². The van der Waals surface area contributed by atoms with Gasteiger partial charge in [0, 0.05) is 6.04 Å². The van der Waals surface area contributed by atoms with Crippen LogP contribution in [0.4, 0.5) is 0 Å². The van der Waals surface area contributed by atoms with Crippen LogP contribution in [0.3, 0.4) is 0 Å². The third-order valence-corrected chi connectivity index (χ3v) is 7.35. The summed E-state index contributed by atoms with van der Waals surface area (Å²) in [7, 11) is 2.36. The molecule has 0 spiro atoms. The molecule has 0 aromatic carbocycles. The number of hydrogen-bond donors (Lipinski definition) is 1. The number of rotatable bonds is 0. The predicted molar refractivity (Wildman–Crippen MR) is 76.9 cm³/mol. The zero-order valence-corrected chi connectivity index (χ0v) is 12.4. The monoisotopic (exact) mass is 263 g/mol. The summed E-state index contributed by atoms with van der Waals surface area (Å²) in [5, 5.41) is 10.2. The van der Waals surface area contributed by atoms with Crippen molar-refractivity contribution in [2.24, 2.45) is 23.2 Å². The van der Waals surface area contributed by atoms with Gasteiger partial charge < -0.3 is 10.0 Å². The van der Waals surface area contributed by atoms with Gasteiger partial charge in [0.1, 0.15) is 0 Å². The molecule has 0 aromatic heterocycles. The lowest BCUT2D eigenvalue weighted by atomic mass is 9.45. The Balaban J connectivity index is 1.71. The average molecular weight is 263 g/mol. The maximum Gasteiger partial charge on any atom is 0.0543 e. The summed E-state index contributed by atoms with van der Waals surface area (Å²) in [5.74, 6) is 2.73. The van der Waals surface area contributed by atoms with Gasteiger partial charge in [0.25, 0.3) is 0 Å². The van der Waals surface area contributed by atoms with E-state index in [2.05, 4.69) is 11.9 Å². The molecule has 0 aromatic rings. The van der Waals surface area contributed by atoms with E-state index in [0.29, 0.717) is 5.41 Å². The number of hydrogen-bond acceptors (Lipinski definition) is 2. The molecule has 0 amide bonds. The molecule has 1 aliphatic heterocycles. The minimum Gasteiger partial charge on any atom is -0.393 e. The molecule has 1 saturated heterocycles. The molecule has 108 valence electrons. The number of likely N-dealkylation sites (tertiary alicyclic amines) is 1. The highest BCUT2D eigenvalue weighted by Gasteiger charge is 2.58. The number of piperidine rings is 1. The Bertz CT molecular complexity index is 357. The third kappa shape index (κ3) is 1.75. The second-order valence-electron chi connectivity index (χ2n) is 7.95. The molecule has 6 atom stereocenters. The van der Waals surface area contributed by atoms with Crippen molar-refractivity contribution >= 4 is 0 Å². The van der Waals surface area contributed by atoms with E-state index in [9.17, 15) is 5.11 Å². The average Bonchev–Trinajstić information content (AvgIpc) is 2.43. The molecule has 2 bridgehead atoms. The summed E-state index contributed by atoms with van der Waals surface area (Å²) in [5.41, 5.74) is 0.625. The van der Waals surface area contributed by atoms with Gasteiger partial charge in [-0.25, -0.2) is 0 Å². The van der Waals surface area contributed by atoms with Gasteiger partial charge in [0.2, 0.25) is 0 Å². The molecule has 4 aliphatic rings. The molecule has 2 heteroatoms. The smallest absolute Gasteiger partial charge is 0.0543 e. The zero-order chi connectivity index (χ0) is 13.0. The Morgan fingerprint density at radius 2 is 1.89 bits per heavy atom. The van der Waals surface area contributed by atoms with Gasteiger partial charge in [0.15, 0.2) is 0 Å². The van der Waals surface area contributed by atoms with Crippen LogP contribution < -0.4 is 0 Å². The summed E-state index contributed by atoms with van der Waals surface area (Å²) in [6.45, 7) is 1.31. The zero-order valence-electron chi connectivity index (χ0n) is 12.4. The summed E-state index contributed by atoms with van der Waals surface area (Å²) in [4.78, 5) is 2.68. The second kappa shape index (κ2) is 4.46. The van der Waals surface area contributed by atoms with E-state index in [0.717, 1.165) is 36.6 Å². The maximum atomic E-state index is 10.2. The first-order valence-electron chi connectivity index (χ1n) is 8.59. The SMILES string of the molecule is CN1CC[C@]23CCCCC2[C@H]1CC1CCC(O)CC13. The van der Waals surface area contributed by atoms with Crippen molar-refractivity contribution in [3.8, 4) is 0 Å². The molecule has 19 heavy (non-hydrogen) atoms. The van der Waals surface area contributed by atoms with E-state index in [-0.39, 0.29) is 6.10 Å². The summed E-state index contributed by atoms with van der Waals surface area (Å²) < 4.78 is 0. The molecule has 1 N–H and O–H groups in total. The van der Waals surface area contributed by atoms with Crippen molar-refractivity contribution in [1.29, 1.82) is 0 Å². The predicted octanol–water partition coefficient (Wildman–Crippen LogP) is 3.05. The normalized spacial score (nSPS) is 54.3. The Hall–Kier alpha value is -0.0800. The van der Waals surface area contributed by atoms with Crippen LogP contribution in [0.2, 0.25) is 0 Å². The summed E-state index contributed by atoms with van der Waals surface area (Å²) in [6, 6.07) is 0.866. The molecule has 2 nitrogen and oxygen atoms in total. The van der Waals surface area contributed by atoms with Crippen LogP contribution in [0.1, 0.15) is 57.8 Å². The summed E-state index contributed by atoms with van der Waals surface area (Å²) in [6.07, 6.45) is 12.2. The molecule has 0 radical (unpaired) electrons. The van der Waals surface area contributed by atoms with Gasteiger partial charge in [-0.1, -0.05) is 12.8 Å². The second-order valence-corrected chi connectivity index (χ2v) is 7.95. The molecule has 4 unspecified atom stereocenters. The maximum absolute atomic E-state index is 10.2. The lowest BCUT2D eigenvalue weighted by Gasteiger charge is -2.65. The van der Waals surface area contributed by atoms with E-state index < -0.39 is 0 Å². The van der Waals surface area contributed by atoms with Gasteiger partial charge >= 0.3 is 0 Å². The van der Waals surface area contributed by atoms with E-state index in [1.165, 1.54) is 51.5 Å². The van der Waals surface area contributed by atoms with Gasteiger partial charge in [0.05, 0.1) is 6.10 Å². The Labute approximate surface area is 117 Å². The first-order valence-corrected chi connectivity index (χ1v) is 8.59. The Kier molecular flexibility index (Phi) is 2.97. The van der Waals surface area contributed by atoms with Crippen molar-refractivity contribution < 1.29 is 5.11 Å². The Morgan fingerprint density at radius 1 is 1.00 bits per heavy atom. The van der Waals surface area contributed by atoms with Crippen molar-refractivity contribution in [1.82, 2.24) is 4.90 Å². The summed E-state index contributed by atoms with van der Waals surface area (Å²) >= 11 is 0. The van der Waals surface area contributed by atoms with Gasteiger partial charge in [-0.05, 0) is 81.7 Å². The lowest BCUT2D eigenvalue weighted by molar-refractivity contribution is -0.158. The van der Waals surface area contributed by atoms with Crippen molar-refractivity contribution in [3.63, 3.8) is 0 Å². The number of aliphatic hydroxyl groups excluding tert-OH is 1. The largest absolute Gasteiger partial charge is 0.393 e.